The summed E-state index contributed by atoms with van der Waals surface area (Å²) in [7, 11) is 0. The van der Waals surface area contributed by atoms with Crippen molar-refractivity contribution in [2.75, 3.05) is 0 Å². The van der Waals surface area contributed by atoms with Crippen LogP contribution >= 0.6 is 23.2 Å². The Balaban J connectivity index is 2.01. The summed E-state index contributed by atoms with van der Waals surface area (Å²) in [5, 5.41) is 14.9. The molecule has 1 aromatic heterocycles. The molecule has 0 bridgehead atoms. The first-order chi connectivity index (χ1) is 9.59. The van der Waals surface area contributed by atoms with Gasteiger partial charge in [-0.05, 0) is 18.6 Å². The Morgan fingerprint density at radius 2 is 2.30 bits per heavy atom. The van der Waals surface area contributed by atoms with Gasteiger partial charge in [0.1, 0.15) is 18.3 Å². The molecule has 2 heterocycles. The number of rotatable bonds is 3. The molecule has 0 unspecified atom stereocenters. The molecule has 2 atom stereocenters. The van der Waals surface area contributed by atoms with Gasteiger partial charge in [0, 0.05) is 22.0 Å². The molecule has 5 nitrogen and oxygen atoms in total. The van der Waals surface area contributed by atoms with Crippen molar-refractivity contribution < 1.29 is 9.84 Å². The van der Waals surface area contributed by atoms with Crippen LogP contribution < -0.4 is 0 Å². The predicted molar refractivity (Wildman–Crippen MR) is 74.5 cm³/mol. The van der Waals surface area contributed by atoms with Crippen molar-refractivity contribution in [2.24, 2.45) is 0 Å². The molecule has 3 rings (SSSR count). The Kier molecular flexibility index (Phi) is 3.69. The lowest BCUT2D eigenvalue weighted by atomic mass is 9.90. The lowest BCUT2D eigenvalue weighted by Crippen LogP contribution is -2.32. The van der Waals surface area contributed by atoms with Crippen LogP contribution in [0.5, 0.6) is 0 Å². The number of aliphatic hydroxyl groups is 1. The number of halogens is 2. The van der Waals surface area contributed by atoms with E-state index in [1.807, 2.05) is 6.07 Å². The van der Waals surface area contributed by atoms with Crippen molar-refractivity contribution in [1.82, 2.24) is 14.8 Å². The zero-order valence-corrected chi connectivity index (χ0v) is 12.1. The van der Waals surface area contributed by atoms with E-state index >= 15 is 0 Å². The summed E-state index contributed by atoms with van der Waals surface area (Å²) in [6.07, 6.45) is 3.47. The number of hydrogen-bond donors (Lipinski definition) is 1. The van der Waals surface area contributed by atoms with Crippen LogP contribution in [0.15, 0.2) is 30.9 Å². The zero-order chi connectivity index (χ0) is 14.2. The van der Waals surface area contributed by atoms with Crippen LogP contribution in [-0.2, 0) is 16.9 Å². The second-order valence-electron chi connectivity index (χ2n) is 4.82. The molecule has 106 valence electrons. The summed E-state index contributed by atoms with van der Waals surface area (Å²) < 4.78 is 7.44. The summed E-state index contributed by atoms with van der Waals surface area (Å²) in [5.74, 6) is 0. The summed E-state index contributed by atoms with van der Waals surface area (Å²) in [6, 6.07) is 5.27. The second-order valence-corrected chi connectivity index (χ2v) is 5.67. The van der Waals surface area contributed by atoms with Gasteiger partial charge in [0.05, 0.1) is 6.54 Å². The molecule has 1 saturated heterocycles. The minimum Gasteiger partial charge on any atom is -0.368 e. The van der Waals surface area contributed by atoms with E-state index in [2.05, 4.69) is 10.1 Å². The molecule has 7 heteroatoms. The summed E-state index contributed by atoms with van der Waals surface area (Å²) in [6.45, 7) is 0.436. The van der Waals surface area contributed by atoms with Crippen molar-refractivity contribution in [3.8, 4) is 0 Å². The Morgan fingerprint density at radius 3 is 2.90 bits per heavy atom. The van der Waals surface area contributed by atoms with Gasteiger partial charge in [0.15, 0.2) is 6.29 Å². The highest BCUT2D eigenvalue weighted by Gasteiger charge is 2.43. The SMILES string of the molecule is O[C@H]1CC[C@](Cn2cncn2)(c2ccc(Cl)cc2Cl)O1. The van der Waals surface area contributed by atoms with Crippen LogP contribution in [0, 0.1) is 0 Å². The average Bonchev–Trinajstić information content (AvgIpc) is 3.00. The quantitative estimate of drug-likeness (QED) is 0.946. The van der Waals surface area contributed by atoms with Gasteiger partial charge in [-0.2, -0.15) is 5.10 Å². The van der Waals surface area contributed by atoms with E-state index in [-0.39, 0.29) is 0 Å². The van der Waals surface area contributed by atoms with E-state index < -0.39 is 11.9 Å². The molecular formula is C13H13Cl2N3O2. The van der Waals surface area contributed by atoms with Crippen molar-refractivity contribution >= 4 is 23.2 Å². The molecule has 1 aliphatic rings. The normalized spacial score (nSPS) is 26.1. The lowest BCUT2D eigenvalue weighted by molar-refractivity contribution is -0.148. The van der Waals surface area contributed by atoms with E-state index in [1.54, 1.807) is 23.1 Å². The number of nitrogens with zero attached hydrogens (tertiary/aromatic N) is 3. The molecule has 0 saturated carbocycles. The van der Waals surface area contributed by atoms with Crippen LogP contribution in [0.2, 0.25) is 10.0 Å². The first-order valence-corrected chi connectivity index (χ1v) is 6.98. The molecule has 0 spiro atoms. The number of aliphatic hydroxyl groups excluding tert-OH is 1. The highest BCUT2D eigenvalue weighted by molar-refractivity contribution is 6.35. The van der Waals surface area contributed by atoms with Gasteiger partial charge in [-0.15, -0.1) is 0 Å². The maximum Gasteiger partial charge on any atom is 0.155 e. The summed E-state index contributed by atoms with van der Waals surface area (Å²) in [4.78, 5) is 3.92. The first kappa shape index (κ1) is 13.8. The van der Waals surface area contributed by atoms with Crippen molar-refractivity contribution in [1.29, 1.82) is 0 Å². The van der Waals surface area contributed by atoms with Gasteiger partial charge < -0.3 is 9.84 Å². The van der Waals surface area contributed by atoms with E-state index in [0.717, 1.165) is 5.56 Å². The van der Waals surface area contributed by atoms with E-state index in [1.165, 1.54) is 6.33 Å². The van der Waals surface area contributed by atoms with Crippen LogP contribution in [0.1, 0.15) is 18.4 Å². The number of ether oxygens (including phenoxy) is 1. The fourth-order valence-corrected chi connectivity index (χ4v) is 3.15. The van der Waals surface area contributed by atoms with E-state index in [9.17, 15) is 5.11 Å². The summed E-state index contributed by atoms with van der Waals surface area (Å²) >= 11 is 12.2. The fourth-order valence-electron chi connectivity index (χ4n) is 2.57. The third-order valence-corrected chi connectivity index (χ3v) is 4.01. The second kappa shape index (κ2) is 5.33. The van der Waals surface area contributed by atoms with Crippen LogP contribution in [-0.4, -0.2) is 26.2 Å². The average molecular weight is 314 g/mol. The first-order valence-electron chi connectivity index (χ1n) is 6.23. The molecule has 1 aromatic carbocycles. The molecule has 20 heavy (non-hydrogen) atoms. The predicted octanol–water partition coefficient (Wildman–Crippen LogP) is 2.61. The topological polar surface area (TPSA) is 60.2 Å². The number of aromatic nitrogens is 3. The minimum atomic E-state index is -0.801. The molecule has 0 amide bonds. The van der Waals surface area contributed by atoms with Crippen molar-refractivity contribution in [2.45, 2.75) is 31.3 Å². The third kappa shape index (κ3) is 2.54. The molecular weight excluding hydrogens is 301 g/mol. The smallest absolute Gasteiger partial charge is 0.155 e. The number of hydrogen-bond acceptors (Lipinski definition) is 4. The zero-order valence-electron chi connectivity index (χ0n) is 10.5. The largest absolute Gasteiger partial charge is 0.368 e. The minimum absolute atomic E-state index is 0.436. The lowest BCUT2D eigenvalue weighted by Gasteiger charge is -2.30. The highest BCUT2D eigenvalue weighted by Crippen LogP contribution is 2.43. The monoisotopic (exact) mass is 313 g/mol. The Morgan fingerprint density at radius 1 is 1.45 bits per heavy atom. The van der Waals surface area contributed by atoms with Crippen LogP contribution in [0.3, 0.4) is 0 Å². The van der Waals surface area contributed by atoms with Crippen LogP contribution in [0.4, 0.5) is 0 Å². The van der Waals surface area contributed by atoms with Gasteiger partial charge in [-0.25, -0.2) is 9.67 Å². The van der Waals surface area contributed by atoms with Gasteiger partial charge in [-0.3, -0.25) is 0 Å². The van der Waals surface area contributed by atoms with Crippen molar-refractivity contribution in [3.63, 3.8) is 0 Å². The third-order valence-electron chi connectivity index (χ3n) is 3.46. The molecule has 0 radical (unpaired) electrons. The molecule has 2 aromatic rings. The van der Waals surface area contributed by atoms with Gasteiger partial charge >= 0.3 is 0 Å². The highest BCUT2D eigenvalue weighted by atomic mass is 35.5. The van der Waals surface area contributed by atoms with Gasteiger partial charge in [0.25, 0.3) is 0 Å². The van der Waals surface area contributed by atoms with Crippen molar-refractivity contribution in [3.05, 3.63) is 46.5 Å². The Hall–Kier alpha value is -1.14. The fraction of sp³-hybridized carbons (Fsp3) is 0.385. The summed E-state index contributed by atoms with van der Waals surface area (Å²) in [5.41, 5.74) is 0.0880. The maximum absolute atomic E-state index is 9.76. The number of benzene rings is 1. The maximum atomic E-state index is 9.76. The van der Waals surface area contributed by atoms with Gasteiger partial charge in [-0.1, -0.05) is 29.3 Å². The molecule has 1 fully saturated rings. The van der Waals surface area contributed by atoms with Gasteiger partial charge in [0.2, 0.25) is 0 Å². The molecule has 0 aliphatic carbocycles. The van der Waals surface area contributed by atoms with Crippen LogP contribution in [0.25, 0.3) is 0 Å². The molecule has 1 aliphatic heterocycles. The Bertz CT molecular complexity index is 606. The standard InChI is InChI=1S/C13H13Cl2N3O2/c14-9-1-2-10(11(15)5-9)13(4-3-12(19)20-13)6-18-8-16-7-17-18/h1-2,5,7-8,12,19H,3-4,6H2/t12-,13+/m1/s1. The Labute approximate surface area is 126 Å². The van der Waals surface area contributed by atoms with E-state index in [0.29, 0.717) is 29.4 Å². The van der Waals surface area contributed by atoms with E-state index in [4.69, 9.17) is 27.9 Å². The molecule has 1 N–H and O–H groups in total.